The Morgan fingerprint density at radius 2 is 1.83 bits per heavy atom. The number of amides is 1. The minimum Gasteiger partial charge on any atom is -0.497 e. The van der Waals surface area contributed by atoms with Crippen molar-refractivity contribution in [1.29, 1.82) is 0 Å². The summed E-state index contributed by atoms with van der Waals surface area (Å²) in [7, 11) is 3.85. The monoisotopic (exact) mass is 317 g/mol. The molecule has 5 nitrogen and oxygen atoms in total. The molecule has 0 aliphatic carbocycles. The van der Waals surface area contributed by atoms with Crippen molar-refractivity contribution in [2.75, 3.05) is 53.4 Å². The van der Waals surface area contributed by atoms with Crippen molar-refractivity contribution in [2.24, 2.45) is 0 Å². The van der Waals surface area contributed by atoms with Crippen LogP contribution in [0.3, 0.4) is 0 Å². The first-order valence-corrected chi connectivity index (χ1v) is 8.51. The Bertz CT molecular complexity index is 526. The van der Waals surface area contributed by atoms with Crippen molar-refractivity contribution in [3.05, 3.63) is 29.8 Å². The quantitative estimate of drug-likeness (QED) is 0.845. The summed E-state index contributed by atoms with van der Waals surface area (Å²) in [6.07, 6.45) is 2.31. The fraction of sp³-hybridized carbons (Fsp3) is 0.611. The van der Waals surface area contributed by atoms with Gasteiger partial charge in [-0.05, 0) is 37.6 Å². The highest BCUT2D eigenvalue weighted by Gasteiger charge is 2.28. The molecule has 0 aromatic heterocycles. The molecule has 3 rings (SSSR count). The first-order chi connectivity index (χ1) is 11.2. The lowest BCUT2D eigenvalue weighted by atomic mass is 10.0. The topological polar surface area (TPSA) is 36.0 Å². The van der Waals surface area contributed by atoms with Crippen LogP contribution in [0, 0.1) is 0 Å². The van der Waals surface area contributed by atoms with Crippen LogP contribution in [0.15, 0.2) is 24.3 Å². The molecule has 0 bridgehead atoms. The number of likely N-dealkylation sites (N-methyl/N-ethyl adjacent to an activating group) is 1. The first kappa shape index (κ1) is 16.3. The lowest BCUT2D eigenvalue weighted by molar-refractivity contribution is -0.132. The molecule has 0 saturated carbocycles. The van der Waals surface area contributed by atoms with Crippen molar-refractivity contribution in [3.63, 3.8) is 0 Å². The number of methoxy groups -OCH3 is 1. The highest BCUT2D eigenvalue weighted by atomic mass is 16.5. The van der Waals surface area contributed by atoms with Gasteiger partial charge in [0.05, 0.1) is 13.7 Å². The predicted octanol–water partition coefficient (Wildman–Crippen LogP) is 1.61. The number of piperazine rings is 1. The molecule has 0 spiro atoms. The van der Waals surface area contributed by atoms with Crippen LogP contribution in [0.4, 0.5) is 0 Å². The predicted molar refractivity (Wildman–Crippen MR) is 90.6 cm³/mol. The number of carbonyl (C=O) groups is 1. The van der Waals surface area contributed by atoms with Crippen molar-refractivity contribution in [1.82, 2.24) is 14.7 Å². The van der Waals surface area contributed by atoms with Crippen LogP contribution in [0.25, 0.3) is 0 Å². The highest BCUT2D eigenvalue weighted by Crippen LogP contribution is 2.25. The fourth-order valence-corrected chi connectivity index (χ4v) is 3.52. The minimum atomic E-state index is 0.292. The van der Waals surface area contributed by atoms with Gasteiger partial charge in [0.25, 0.3) is 0 Å². The van der Waals surface area contributed by atoms with Crippen LogP contribution in [-0.4, -0.2) is 74.0 Å². The molecule has 2 heterocycles. The molecule has 5 heteroatoms. The summed E-state index contributed by atoms with van der Waals surface area (Å²) >= 11 is 0. The Morgan fingerprint density at radius 3 is 2.48 bits per heavy atom. The summed E-state index contributed by atoms with van der Waals surface area (Å²) in [5, 5.41) is 0. The van der Waals surface area contributed by atoms with Gasteiger partial charge in [0.15, 0.2) is 0 Å². The average molecular weight is 317 g/mol. The molecule has 1 atom stereocenters. The zero-order valence-corrected chi connectivity index (χ0v) is 14.2. The summed E-state index contributed by atoms with van der Waals surface area (Å²) in [6, 6.07) is 8.62. The van der Waals surface area contributed by atoms with E-state index in [9.17, 15) is 4.79 Å². The van der Waals surface area contributed by atoms with E-state index in [0.29, 0.717) is 18.5 Å². The maximum atomic E-state index is 12.4. The first-order valence-electron chi connectivity index (χ1n) is 8.51. The number of benzene rings is 1. The number of hydrogen-bond acceptors (Lipinski definition) is 4. The highest BCUT2D eigenvalue weighted by molar-refractivity contribution is 5.78. The van der Waals surface area contributed by atoms with Gasteiger partial charge in [0, 0.05) is 38.8 Å². The van der Waals surface area contributed by atoms with Crippen molar-refractivity contribution < 1.29 is 9.53 Å². The molecule has 2 saturated heterocycles. The van der Waals surface area contributed by atoms with Crippen LogP contribution in [0.2, 0.25) is 0 Å². The number of likely N-dealkylation sites (tertiary alicyclic amines) is 1. The number of ether oxygens (including phenoxy) is 1. The van der Waals surface area contributed by atoms with Crippen molar-refractivity contribution >= 4 is 5.91 Å². The molecule has 23 heavy (non-hydrogen) atoms. The van der Waals surface area contributed by atoms with E-state index in [2.05, 4.69) is 29.0 Å². The third-order valence-electron chi connectivity index (χ3n) is 5.05. The molecule has 1 amide bonds. The molecule has 2 aliphatic rings. The molecule has 0 radical (unpaired) electrons. The van der Waals surface area contributed by atoms with Gasteiger partial charge in [-0.15, -0.1) is 0 Å². The van der Waals surface area contributed by atoms with Gasteiger partial charge in [-0.3, -0.25) is 14.6 Å². The Balaban J connectivity index is 1.62. The normalized spacial score (nSPS) is 23.2. The summed E-state index contributed by atoms with van der Waals surface area (Å²) < 4.78 is 5.24. The number of rotatable bonds is 4. The smallest absolute Gasteiger partial charge is 0.236 e. The largest absolute Gasteiger partial charge is 0.497 e. The zero-order chi connectivity index (χ0) is 16.2. The number of hydrogen-bond donors (Lipinski definition) is 0. The third-order valence-corrected chi connectivity index (χ3v) is 5.05. The second-order valence-corrected chi connectivity index (χ2v) is 6.59. The van der Waals surface area contributed by atoms with E-state index < -0.39 is 0 Å². The van der Waals surface area contributed by atoms with Crippen molar-refractivity contribution in [2.45, 2.75) is 18.9 Å². The van der Waals surface area contributed by atoms with Crippen molar-refractivity contribution in [3.8, 4) is 5.75 Å². The van der Waals surface area contributed by atoms with Crippen LogP contribution in [0.1, 0.15) is 24.4 Å². The molecule has 2 aliphatic heterocycles. The zero-order valence-electron chi connectivity index (χ0n) is 14.2. The molecule has 2 fully saturated rings. The van der Waals surface area contributed by atoms with E-state index in [1.807, 2.05) is 17.0 Å². The Hall–Kier alpha value is -1.59. The SMILES string of the molecule is COc1ccc([C@@H]2CN(CC(=O)N3CCCC3)CCN2C)cc1. The minimum absolute atomic E-state index is 0.292. The van der Waals surface area contributed by atoms with Gasteiger partial charge in [0.2, 0.25) is 5.91 Å². The molecule has 1 aromatic rings. The second-order valence-electron chi connectivity index (χ2n) is 6.59. The Labute approximate surface area is 138 Å². The standard InChI is InChI=1S/C18H27N3O2/c1-19-11-12-20(14-18(22)21-9-3-4-10-21)13-17(19)15-5-7-16(23-2)8-6-15/h5-8,17H,3-4,9-14H2,1-2H3/t17-/m0/s1. The molecule has 1 aromatic carbocycles. The van der Waals surface area contributed by atoms with E-state index in [1.165, 1.54) is 5.56 Å². The van der Waals surface area contributed by atoms with Crippen LogP contribution in [0.5, 0.6) is 5.75 Å². The summed E-state index contributed by atoms with van der Waals surface area (Å²) in [6.45, 7) is 5.29. The Kier molecular flexibility index (Phi) is 5.18. The lowest BCUT2D eigenvalue weighted by Crippen LogP contribution is -2.50. The van der Waals surface area contributed by atoms with Crippen LogP contribution in [-0.2, 0) is 4.79 Å². The molecule has 0 unspecified atom stereocenters. The van der Waals surface area contributed by atoms with Gasteiger partial charge in [-0.2, -0.15) is 0 Å². The molecule has 126 valence electrons. The lowest BCUT2D eigenvalue weighted by Gasteiger charge is -2.39. The summed E-state index contributed by atoms with van der Waals surface area (Å²) in [5.74, 6) is 1.17. The van der Waals surface area contributed by atoms with Gasteiger partial charge in [0.1, 0.15) is 5.75 Å². The van der Waals surface area contributed by atoms with E-state index >= 15 is 0 Å². The fourth-order valence-electron chi connectivity index (χ4n) is 3.52. The maximum Gasteiger partial charge on any atom is 0.236 e. The van der Waals surface area contributed by atoms with E-state index in [-0.39, 0.29) is 0 Å². The molecular formula is C18H27N3O2. The summed E-state index contributed by atoms with van der Waals surface area (Å²) in [5.41, 5.74) is 1.28. The van der Waals surface area contributed by atoms with Crippen LogP contribution >= 0.6 is 0 Å². The van der Waals surface area contributed by atoms with E-state index in [1.54, 1.807) is 7.11 Å². The van der Waals surface area contributed by atoms with E-state index in [0.717, 1.165) is 51.3 Å². The third kappa shape index (κ3) is 3.85. The molecule has 0 N–H and O–H groups in total. The second kappa shape index (κ2) is 7.32. The summed E-state index contributed by atoms with van der Waals surface area (Å²) in [4.78, 5) is 19.1. The van der Waals surface area contributed by atoms with Gasteiger partial charge in [-0.25, -0.2) is 0 Å². The van der Waals surface area contributed by atoms with Crippen LogP contribution < -0.4 is 4.74 Å². The average Bonchev–Trinajstić information content (AvgIpc) is 3.11. The number of nitrogens with zero attached hydrogens (tertiary/aromatic N) is 3. The maximum absolute atomic E-state index is 12.4. The van der Waals surface area contributed by atoms with E-state index in [4.69, 9.17) is 4.74 Å². The molecular weight excluding hydrogens is 290 g/mol. The van der Waals surface area contributed by atoms with Gasteiger partial charge in [-0.1, -0.05) is 12.1 Å². The number of carbonyl (C=O) groups excluding carboxylic acids is 1. The van der Waals surface area contributed by atoms with Gasteiger partial charge >= 0.3 is 0 Å². The van der Waals surface area contributed by atoms with Gasteiger partial charge < -0.3 is 9.64 Å². The Morgan fingerprint density at radius 1 is 1.13 bits per heavy atom.